The summed E-state index contributed by atoms with van der Waals surface area (Å²) in [6.07, 6.45) is 3.22. The lowest BCUT2D eigenvalue weighted by Gasteiger charge is -2.16. The van der Waals surface area contributed by atoms with Crippen LogP contribution in [0.4, 0.5) is 21.6 Å². The topological polar surface area (TPSA) is 158 Å². The van der Waals surface area contributed by atoms with E-state index in [0.29, 0.717) is 34.1 Å². The van der Waals surface area contributed by atoms with Gasteiger partial charge in [0.25, 0.3) is 5.91 Å². The number of amides is 1. The van der Waals surface area contributed by atoms with Crippen molar-refractivity contribution in [3.63, 3.8) is 0 Å². The molecule has 0 radical (unpaired) electrons. The summed E-state index contributed by atoms with van der Waals surface area (Å²) in [6, 6.07) is 11.2. The van der Waals surface area contributed by atoms with Crippen molar-refractivity contribution in [2.45, 2.75) is 6.92 Å². The summed E-state index contributed by atoms with van der Waals surface area (Å²) < 4.78 is 19.7. The summed E-state index contributed by atoms with van der Waals surface area (Å²) in [4.78, 5) is 25.7. The Morgan fingerprint density at radius 3 is 2.78 bits per heavy atom. The number of H-pyrrole nitrogens is 1. The number of aromatic amines is 1. The zero-order valence-corrected chi connectivity index (χ0v) is 19.3. The minimum Gasteiger partial charge on any atom is -0.493 e. The SMILES string of the molecule is COc1cccnc1Nc1cc(F)ccc1-c1nc(C(N)=O)c(N)c(-c2c(C)ccc3[nH]ncc23)n1. The molecule has 11 heteroatoms. The highest BCUT2D eigenvalue weighted by molar-refractivity contribution is 6.04. The number of nitrogens with zero attached hydrogens (tertiary/aromatic N) is 4. The van der Waals surface area contributed by atoms with Gasteiger partial charge in [-0.3, -0.25) is 9.89 Å². The second-order valence-corrected chi connectivity index (χ2v) is 7.98. The molecule has 3 heterocycles. The number of carbonyl (C=O) groups is 1. The van der Waals surface area contributed by atoms with Crippen LogP contribution in [0.5, 0.6) is 5.75 Å². The number of nitrogen functional groups attached to an aromatic ring is 1. The fraction of sp³-hybridized carbons (Fsp3) is 0.0800. The number of pyridine rings is 1. The maximum Gasteiger partial charge on any atom is 0.269 e. The van der Waals surface area contributed by atoms with Crippen LogP contribution in [0.2, 0.25) is 0 Å². The van der Waals surface area contributed by atoms with Gasteiger partial charge < -0.3 is 21.5 Å². The molecule has 0 aliphatic rings. The van der Waals surface area contributed by atoms with Crippen molar-refractivity contribution in [3.8, 4) is 28.4 Å². The van der Waals surface area contributed by atoms with Crippen molar-refractivity contribution in [1.82, 2.24) is 25.1 Å². The first-order valence-corrected chi connectivity index (χ1v) is 10.8. The molecule has 0 atom stereocenters. The lowest BCUT2D eigenvalue weighted by molar-refractivity contribution is 0.0996. The van der Waals surface area contributed by atoms with E-state index in [0.717, 1.165) is 16.5 Å². The van der Waals surface area contributed by atoms with E-state index in [9.17, 15) is 9.18 Å². The first-order chi connectivity index (χ1) is 17.4. The Labute approximate surface area is 204 Å². The summed E-state index contributed by atoms with van der Waals surface area (Å²) in [6.45, 7) is 1.89. The molecule has 36 heavy (non-hydrogen) atoms. The molecule has 0 unspecified atom stereocenters. The number of halogens is 1. The van der Waals surface area contributed by atoms with Crippen molar-refractivity contribution in [2.24, 2.45) is 5.73 Å². The summed E-state index contributed by atoms with van der Waals surface area (Å²) >= 11 is 0. The van der Waals surface area contributed by atoms with E-state index in [-0.39, 0.29) is 17.2 Å². The number of aromatic nitrogens is 5. The predicted octanol–water partition coefficient (Wildman–Crippen LogP) is 3.96. The number of ether oxygens (including phenoxy) is 1. The smallest absolute Gasteiger partial charge is 0.269 e. The van der Waals surface area contributed by atoms with E-state index in [1.807, 2.05) is 19.1 Å². The Bertz CT molecular complexity index is 1630. The van der Waals surface area contributed by atoms with E-state index in [4.69, 9.17) is 21.2 Å². The van der Waals surface area contributed by atoms with Crippen LogP contribution in [-0.4, -0.2) is 38.2 Å². The predicted molar refractivity (Wildman–Crippen MR) is 134 cm³/mol. The highest BCUT2D eigenvalue weighted by atomic mass is 19.1. The Hall–Kier alpha value is -5.06. The van der Waals surface area contributed by atoms with Gasteiger partial charge in [0.15, 0.2) is 23.1 Å². The zero-order chi connectivity index (χ0) is 25.4. The van der Waals surface area contributed by atoms with Gasteiger partial charge >= 0.3 is 0 Å². The fourth-order valence-corrected chi connectivity index (χ4v) is 4.00. The molecule has 0 saturated carbocycles. The lowest BCUT2D eigenvalue weighted by atomic mass is 9.99. The quantitative estimate of drug-likeness (QED) is 0.282. The number of methoxy groups -OCH3 is 1. The van der Waals surface area contributed by atoms with E-state index in [1.54, 1.807) is 24.5 Å². The van der Waals surface area contributed by atoms with Crippen LogP contribution in [0.3, 0.4) is 0 Å². The molecule has 0 saturated heterocycles. The van der Waals surface area contributed by atoms with Crippen LogP contribution in [0.15, 0.2) is 54.9 Å². The summed E-state index contributed by atoms with van der Waals surface area (Å²) in [5, 5.41) is 10.9. The number of primary amides is 1. The summed E-state index contributed by atoms with van der Waals surface area (Å²) in [5.74, 6) is -0.396. The Kier molecular flexibility index (Phi) is 5.65. The van der Waals surface area contributed by atoms with Crippen molar-refractivity contribution in [1.29, 1.82) is 0 Å². The van der Waals surface area contributed by atoms with Crippen LogP contribution in [0.25, 0.3) is 33.5 Å². The maximum atomic E-state index is 14.3. The molecule has 0 bridgehead atoms. The number of anilines is 3. The van der Waals surface area contributed by atoms with Gasteiger partial charge in [-0.1, -0.05) is 6.07 Å². The van der Waals surface area contributed by atoms with Gasteiger partial charge in [0.2, 0.25) is 0 Å². The number of hydrogen-bond donors (Lipinski definition) is 4. The molecular weight excluding hydrogens is 463 g/mol. The van der Waals surface area contributed by atoms with Crippen LogP contribution in [0, 0.1) is 12.7 Å². The molecular formula is C25H21FN8O2. The third-order valence-corrected chi connectivity index (χ3v) is 5.71. The molecule has 0 aliphatic carbocycles. The number of nitrogens with one attached hydrogen (secondary N) is 2. The first-order valence-electron chi connectivity index (χ1n) is 10.8. The Morgan fingerprint density at radius 2 is 2.00 bits per heavy atom. The van der Waals surface area contributed by atoms with Gasteiger partial charge in [-0.15, -0.1) is 0 Å². The van der Waals surface area contributed by atoms with Gasteiger partial charge in [0, 0.05) is 22.7 Å². The zero-order valence-electron chi connectivity index (χ0n) is 19.3. The number of aryl methyl sites for hydroxylation is 1. The molecule has 0 fully saturated rings. The molecule has 1 amide bonds. The number of hydrogen-bond acceptors (Lipinski definition) is 8. The van der Waals surface area contributed by atoms with Gasteiger partial charge in [0.1, 0.15) is 5.82 Å². The van der Waals surface area contributed by atoms with Gasteiger partial charge in [-0.25, -0.2) is 19.3 Å². The van der Waals surface area contributed by atoms with Crippen LogP contribution < -0.4 is 21.5 Å². The number of carbonyl (C=O) groups excluding carboxylic acids is 1. The van der Waals surface area contributed by atoms with Crippen molar-refractivity contribution in [3.05, 3.63) is 71.9 Å². The van der Waals surface area contributed by atoms with Crippen molar-refractivity contribution in [2.75, 3.05) is 18.2 Å². The average Bonchev–Trinajstić information content (AvgIpc) is 3.34. The van der Waals surface area contributed by atoms with Gasteiger partial charge in [0.05, 0.1) is 35.9 Å². The highest BCUT2D eigenvalue weighted by Crippen LogP contribution is 2.38. The maximum absolute atomic E-state index is 14.3. The molecule has 6 N–H and O–H groups in total. The molecule has 3 aromatic heterocycles. The minimum atomic E-state index is -0.822. The van der Waals surface area contributed by atoms with Gasteiger partial charge in [-0.05, 0) is 48.9 Å². The van der Waals surface area contributed by atoms with Crippen molar-refractivity contribution >= 4 is 34.0 Å². The normalized spacial score (nSPS) is 11.0. The molecule has 0 aliphatic heterocycles. The average molecular weight is 484 g/mol. The number of fused-ring (bicyclic) bond motifs is 1. The van der Waals surface area contributed by atoms with E-state index >= 15 is 0 Å². The van der Waals surface area contributed by atoms with Gasteiger partial charge in [-0.2, -0.15) is 5.10 Å². The minimum absolute atomic E-state index is 0.0334. The number of nitrogens with two attached hydrogens (primary N) is 2. The summed E-state index contributed by atoms with van der Waals surface area (Å²) in [7, 11) is 1.50. The molecule has 5 rings (SSSR count). The molecule has 180 valence electrons. The van der Waals surface area contributed by atoms with Crippen LogP contribution in [0.1, 0.15) is 16.1 Å². The molecule has 5 aromatic rings. The molecule has 10 nitrogen and oxygen atoms in total. The van der Waals surface area contributed by atoms with Crippen LogP contribution >= 0.6 is 0 Å². The second-order valence-electron chi connectivity index (χ2n) is 7.98. The third kappa shape index (κ3) is 3.92. The Balaban J connectivity index is 1.75. The standard InChI is InChI=1S/C25H21FN8O2/c1-12-5-8-16-15(11-30-34-16)19(12)21-20(27)22(23(28)35)33-24(32-21)14-7-6-13(26)10-17(14)31-25-18(36-2)4-3-9-29-25/h3-11H,27H2,1-2H3,(H2,28,35)(H,29,31)(H,30,34). The summed E-state index contributed by atoms with van der Waals surface area (Å²) in [5.41, 5.74) is 15.2. The fourth-order valence-electron chi connectivity index (χ4n) is 4.00. The first kappa shape index (κ1) is 22.7. The van der Waals surface area contributed by atoms with E-state index in [2.05, 4.69) is 25.5 Å². The monoisotopic (exact) mass is 484 g/mol. The number of benzene rings is 2. The highest BCUT2D eigenvalue weighted by Gasteiger charge is 2.23. The molecule has 0 spiro atoms. The molecule has 2 aromatic carbocycles. The van der Waals surface area contributed by atoms with E-state index in [1.165, 1.54) is 25.3 Å². The van der Waals surface area contributed by atoms with E-state index < -0.39 is 11.7 Å². The Morgan fingerprint density at radius 1 is 1.17 bits per heavy atom. The largest absolute Gasteiger partial charge is 0.493 e. The second kappa shape index (κ2) is 8.95. The van der Waals surface area contributed by atoms with Crippen LogP contribution in [-0.2, 0) is 0 Å². The van der Waals surface area contributed by atoms with Crippen molar-refractivity contribution < 1.29 is 13.9 Å². The lowest BCUT2D eigenvalue weighted by Crippen LogP contribution is -2.18. The number of rotatable bonds is 6. The third-order valence-electron chi connectivity index (χ3n) is 5.71.